The topological polar surface area (TPSA) is 55.4 Å². The van der Waals surface area contributed by atoms with Gasteiger partial charge in [0.05, 0.1) is 23.6 Å². The van der Waals surface area contributed by atoms with Crippen LogP contribution >= 0.6 is 11.6 Å². The quantitative estimate of drug-likeness (QED) is 0.806. The van der Waals surface area contributed by atoms with Crippen LogP contribution in [0.3, 0.4) is 0 Å². The molecule has 0 aromatic heterocycles. The molecule has 2 aliphatic rings. The Hall–Kier alpha value is -1.55. The number of esters is 1. The van der Waals surface area contributed by atoms with Gasteiger partial charge in [-0.3, -0.25) is 9.59 Å². The van der Waals surface area contributed by atoms with Crippen molar-refractivity contribution >= 4 is 23.5 Å². The Morgan fingerprint density at radius 2 is 2.12 bits per heavy atom. The van der Waals surface area contributed by atoms with Crippen molar-refractivity contribution in [2.45, 2.75) is 51.4 Å². The molecule has 1 heterocycles. The predicted octanol–water partition coefficient (Wildman–Crippen LogP) is 4.05. The van der Waals surface area contributed by atoms with Gasteiger partial charge >= 0.3 is 5.97 Å². The van der Waals surface area contributed by atoms with E-state index in [4.69, 9.17) is 16.3 Å². The Balaban J connectivity index is 2.17. The van der Waals surface area contributed by atoms with Crippen LogP contribution in [0.2, 0.25) is 5.02 Å². The number of carbonyl (C=O) groups excluding carboxylic acids is 2. The fraction of sp³-hybridized carbons (Fsp3) is 0.600. The van der Waals surface area contributed by atoms with E-state index in [1.807, 2.05) is 12.1 Å². The summed E-state index contributed by atoms with van der Waals surface area (Å²) in [6, 6.07) is 4.09. The molecule has 136 valence electrons. The predicted molar refractivity (Wildman–Crippen MR) is 98.1 cm³/mol. The van der Waals surface area contributed by atoms with Crippen LogP contribution in [-0.2, 0) is 14.9 Å². The molecular weight excluding hydrogens is 338 g/mol. The van der Waals surface area contributed by atoms with E-state index in [2.05, 4.69) is 26.1 Å². The van der Waals surface area contributed by atoms with Crippen molar-refractivity contribution < 1.29 is 14.3 Å². The zero-order chi connectivity index (χ0) is 18.4. The van der Waals surface area contributed by atoms with E-state index in [1.54, 1.807) is 0 Å². The first-order valence-electron chi connectivity index (χ1n) is 9.00. The number of fused-ring (bicyclic) bond motifs is 3. The van der Waals surface area contributed by atoms with Crippen molar-refractivity contribution in [1.82, 2.24) is 5.32 Å². The van der Waals surface area contributed by atoms with Crippen LogP contribution in [0, 0.1) is 11.8 Å². The highest BCUT2D eigenvalue weighted by atomic mass is 35.5. The molecule has 3 atom stereocenters. The third-order valence-electron chi connectivity index (χ3n) is 6.14. The standard InChI is InChI=1S/C20H26ClNO3/c1-11(2)12-7-8-14-16(17(12)21)18(23)22-10-15-13(19(24)25-4)6-5-9-20(14,15)3/h7-8,11,13,15H,5-6,9-10H2,1-4H3,(H,22,23)/t13-,15-,20-/m1/s1. The molecule has 1 saturated carbocycles. The van der Waals surface area contributed by atoms with Crippen LogP contribution in [0.1, 0.15) is 67.4 Å². The van der Waals surface area contributed by atoms with Gasteiger partial charge in [-0.1, -0.05) is 50.9 Å². The van der Waals surface area contributed by atoms with Crippen molar-refractivity contribution in [3.05, 3.63) is 33.8 Å². The molecular formula is C20H26ClNO3. The summed E-state index contributed by atoms with van der Waals surface area (Å²) in [5.74, 6) is -0.259. The molecule has 1 fully saturated rings. The van der Waals surface area contributed by atoms with Crippen molar-refractivity contribution in [2.75, 3.05) is 13.7 Å². The molecule has 25 heavy (non-hydrogen) atoms. The van der Waals surface area contributed by atoms with E-state index >= 15 is 0 Å². The number of nitrogens with one attached hydrogen (secondary N) is 1. The second-order valence-electron chi connectivity index (χ2n) is 7.80. The van der Waals surface area contributed by atoms with Crippen molar-refractivity contribution in [1.29, 1.82) is 0 Å². The van der Waals surface area contributed by atoms with Crippen LogP contribution in [0.15, 0.2) is 12.1 Å². The molecule has 1 aliphatic carbocycles. The van der Waals surface area contributed by atoms with Crippen molar-refractivity contribution in [3.8, 4) is 0 Å². The minimum absolute atomic E-state index is 0.0138. The van der Waals surface area contributed by atoms with Crippen molar-refractivity contribution in [2.24, 2.45) is 11.8 Å². The Morgan fingerprint density at radius 3 is 2.76 bits per heavy atom. The first kappa shape index (κ1) is 18.2. The summed E-state index contributed by atoms with van der Waals surface area (Å²) in [5.41, 5.74) is 2.27. The lowest BCUT2D eigenvalue weighted by atomic mass is 9.59. The molecule has 0 saturated heterocycles. The third-order valence-corrected chi connectivity index (χ3v) is 6.55. The summed E-state index contributed by atoms with van der Waals surface area (Å²) in [7, 11) is 1.43. The average molecular weight is 364 g/mol. The summed E-state index contributed by atoms with van der Waals surface area (Å²) in [6.07, 6.45) is 2.67. The molecule has 1 aromatic carbocycles. The number of ether oxygens (including phenoxy) is 1. The number of hydrogen-bond acceptors (Lipinski definition) is 3. The number of methoxy groups -OCH3 is 1. The van der Waals surface area contributed by atoms with Crippen LogP contribution in [0.25, 0.3) is 0 Å². The monoisotopic (exact) mass is 363 g/mol. The number of carbonyl (C=O) groups is 2. The van der Waals surface area contributed by atoms with E-state index in [9.17, 15) is 9.59 Å². The maximum atomic E-state index is 12.8. The van der Waals surface area contributed by atoms with E-state index < -0.39 is 0 Å². The normalized spacial score (nSPS) is 28.6. The smallest absolute Gasteiger partial charge is 0.309 e. The first-order chi connectivity index (χ1) is 11.8. The molecule has 0 radical (unpaired) electrons. The molecule has 1 aromatic rings. The molecule has 1 amide bonds. The van der Waals surface area contributed by atoms with Crippen LogP contribution in [0.5, 0.6) is 0 Å². The number of benzene rings is 1. The molecule has 0 unspecified atom stereocenters. The highest BCUT2D eigenvalue weighted by Crippen LogP contribution is 2.50. The zero-order valence-electron chi connectivity index (χ0n) is 15.3. The van der Waals surface area contributed by atoms with Gasteiger partial charge in [-0.05, 0) is 41.2 Å². The lowest BCUT2D eigenvalue weighted by Crippen LogP contribution is -2.47. The SMILES string of the molecule is COC(=O)[C@@H]1CCC[C@]2(C)c3ccc(C(C)C)c(Cl)c3C(=O)NC[C@H]12. The van der Waals surface area contributed by atoms with Gasteiger partial charge in [0.15, 0.2) is 0 Å². The highest BCUT2D eigenvalue weighted by Gasteiger charge is 2.49. The number of rotatable bonds is 2. The van der Waals surface area contributed by atoms with Gasteiger partial charge in [-0.25, -0.2) is 0 Å². The minimum Gasteiger partial charge on any atom is -0.469 e. The van der Waals surface area contributed by atoms with E-state index in [1.165, 1.54) is 7.11 Å². The third kappa shape index (κ3) is 2.84. The fourth-order valence-electron chi connectivity index (χ4n) is 4.68. The lowest BCUT2D eigenvalue weighted by Gasteiger charge is -2.45. The Labute approximate surface area is 154 Å². The van der Waals surface area contributed by atoms with Gasteiger partial charge in [-0.15, -0.1) is 0 Å². The van der Waals surface area contributed by atoms with E-state index in [0.717, 1.165) is 30.4 Å². The van der Waals surface area contributed by atoms with Gasteiger partial charge in [0.25, 0.3) is 5.91 Å². The first-order valence-corrected chi connectivity index (χ1v) is 9.38. The summed E-state index contributed by atoms with van der Waals surface area (Å²) in [5, 5.41) is 3.56. The maximum Gasteiger partial charge on any atom is 0.309 e. The largest absolute Gasteiger partial charge is 0.469 e. The van der Waals surface area contributed by atoms with Gasteiger partial charge in [0.1, 0.15) is 0 Å². The fourth-order valence-corrected chi connectivity index (χ4v) is 5.15. The maximum absolute atomic E-state index is 12.8. The summed E-state index contributed by atoms with van der Waals surface area (Å²) < 4.78 is 5.04. The molecule has 1 N–H and O–H groups in total. The molecule has 0 bridgehead atoms. The number of hydrogen-bond donors (Lipinski definition) is 1. The molecule has 0 spiro atoms. The zero-order valence-corrected chi connectivity index (χ0v) is 16.1. The van der Waals surface area contributed by atoms with Crippen molar-refractivity contribution in [3.63, 3.8) is 0 Å². The lowest BCUT2D eigenvalue weighted by molar-refractivity contribution is -0.150. The van der Waals surface area contributed by atoms with Gasteiger partial charge in [0, 0.05) is 6.54 Å². The van der Waals surface area contributed by atoms with Gasteiger partial charge < -0.3 is 10.1 Å². The Kier molecular flexibility index (Phi) is 4.84. The molecule has 1 aliphatic heterocycles. The highest BCUT2D eigenvalue weighted by molar-refractivity contribution is 6.35. The number of halogens is 1. The van der Waals surface area contributed by atoms with Crippen LogP contribution in [-0.4, -0.2) is 25.5 Å². The second kappa shape index (κ2) is 6.64. The minimum atomic E-state index is -0.273. The van der Waals surface area contributed by atoms with Gasteiger partial charge in [-0.2, -0.15) is 0 Å². The molecule has 5 heteroatoms. The Bertz CT molecular complexity index is 715. The summed E-state index contributed by atoms with van der Waals surface area (Å²) in [6.45, 7) is 6.77. The van der Waals surface area contributed by atoms with E-state index in [0.29, 0.717) is 17.1 Å². The second-order valence-corrected chi connectivity index (χ2v) is 8.18. The van der Waals surface area contributed by atoms with Crippen LogP contribution in [0.4, 0.5) is 0 Å². The average Bonchev–Trinajstić information content (AvgIpc) is 2.69. The molecule has 4 nitrogen and oxygen atoms in total. The summed E-state index contributed by atoms with van der Waals surface area (Å²) >= 11 is 6.66. The Morgan fingerprint density at radius 1 is 1.40 bits per heavy atom. The van der Waals surface area contributed by atoms with Crippen LogP contribution < -0.4 is 5.32 Å². The number of amides is 1. The van der Waals surface area contributed by atoms with Gasteiger partial charge in [0.2, 0.25) is 0 Å². The molecule has 3 rings (SSSR count). The van der Waals surface area contributed by atoms with E-state index in [-0.39, 0.29) is 35.0 Å². The summed E-state index contributed by atoms with van der Waals surface area (Å²) in [4.78, 5) is 25.1.